The molecule has 2 N–H and O–H groups in total. The van der Waals surface area contributed by atoms with E-state index >= 15 is 0 Å². The van der Waals surface area contributed by atoms with Crippen molar-refractivity contribution in [1.82, 2.24) is 19.4 Å². The molecule has 0 saturated carbocycles. The summed E-state index contributed by atoms with van der Waals surface area (Å²) >= 11 is 0. The fourth-order valence-corrected chi connectivity index (χ4v) is 6.52. The van der Waals surface area contributed by atoms with Gasteiger partial charge in [0.1, 0.15) is 5.57 Å². The van der Waals surface area contributed by atoms with Gasteiger partial charge in [0, 0.05) is 55.6 Å². The molecule has 1 amide bonds. The average Bonchev–Trinajstić information content (AvgIpc) is 3.37. The molecule has 1 fully saturated rings. The van der Waals surface area contributed by atoms with Gasteiger partial charge in [-0.15, -0.1) is 0 Å². The molecule has 3 aliphatic heterocycles. The van der Waals surface area contributed by atoms with Crippen LogP contribution >= 0.6 is 0 Å². The van der Waals surface area contributed by atoms with Crippen LogP contribution in [0.1, 0.15) is 28.1 Å². The highest BCUT2D eigenvalue weighted by Gasteiger charge is 2.33. The first-order valence-electron chi connectivity index (χ1n) is 14.8. The minimum absolute atomic E-state index is 0.00889. The van der Waals surface area contributed by atoms with Gasteiger partial charge < -0.3 is 20.1 Å². The summed E-state index contributed by atoms with van der Waals surface area (Å²) < 4.78 is 12.6. The molecule has 2 bridgehead atoms. The van der Waals surface area contributed by atoms with E-state index in [0.717, 1.165) is 67.7 Å². The number of primary amides is 1. The van der Waals surface area contributed by atoms with E-state index in [1.54, 1.807) is 4.57 Å². The summed E-state index contributed by atoms with van der Waals surface area (Å²) in [5.74, 6) is -3.03. The Balaban J connectivity index is 1.10. The van der Waals surface area contributed by atoms with Gasteiger partial charge in [0.05, 0.1) is 16.9 Å². The number of rotatable bonds is 5. The van der Waals surface area contributed by atoms with Gasteiger partial charge in [-0.1, -0.05) is 12.1 Å². The summed E-state index contributed by atoms with van der Waals surface area (Å²) in [7, 11) is 0. The van der Waals surface area contributed by atoms with E-state index in [1.165, 1.54) is 22.2 Å². The summed E-state index contributed by atoms with van der Waals surface area (Å²) in [4.78, 5) is 50.8. The molecule has 0 unspecified atom stereocenters. The maximum absolute atomic E-state index is 12.6. The second-order valence-electron chi connectivity index (χ2n) is 11.4. The Morgan fingerprint density at radius 2 is 1.75 bits per heavy atom. The Kier molecular flexibility index (Phi) is 6.89. The average molecular weight is 593 g/mol. The van der Waals surface area contributed by atoms with E-state index in [1.807, 2.05) is 13.0 Å². The zero-order chi connectivity index (χ0) is 30.5. The summed E-state index contributed by atoms with van der Waals surface area (Å²) in [5, 5.41) is 1.19. The molecule has 1 saturated heterocycles. The molecule has 44 heavy (non-hydrogen) atoms. The van der Waals surface area contributed by atoms with Gasteiger partial charge >= 0.3 is 17.9 Å². The number of fused-ring (bicyclic) bond motifs is 8. The van der Waals surface area contributed by atoms with Crippen LogP contribution in [0.25, 0.3) is 16.6 Å². The molecule has 0 atom stereocenters. The van der Waals surface area contributed by atoms with Crippen LogP contribution in [0.5, 0.6) is 11.9 Å². The van der Waals surface area contributed by atoms with E-state index < -0.39 is 23.4 Å². The monoisotopic (exact) mass is 592 g/mol. The van der Waals surface area contributed by atoms with Crippen molar-refractivity contribution < 1.29 is 23.9 Å². The minimum atomic E-state index is -1.08. The second kappa shape index (κ2) is 10.9. The number of esters is 2. The van der Waals surface area contributed by atoms with Crippen LogP contribution in [0.15, 0.2) is 54.1 Å². The highest BCUT2D eigenvalue weighted by molar-refractivity contribution is 6.19. The van der Waals surface area contributed by atoms with Crippen molar-refractivity contribution in [2.24, 2.45) is 5.73 Å². The highest BCUT2D eigenvalue weighted by atomic mass is 16.6. The van der Waals surface area contributed by atoms with Crippen LogP contribution in [-0.2, 0) is 33.6 Å². The lowest BCUT2D eigenvalue weighted by Crippen LogP contribution is -2.47. The number of nitrogens with zero attached hydrogens (tertiary/aromatic N) is 5. The van der Waals surface area contributed by atoms with Crippen molar-refractivity contribution in [2.45, 2.75) is 33.1 Å². The number of pyridine rings is 1. The number of benzene rings is 2. The first kappa shape index (κ1) is 27.8. The van der Waals surface area contributed by atoms with Gasteiger partial charge in [-0.25, -0.2) is 9.59 Å². The normalized spacial score (nSPS) is 17.9. The largest absolute Gasteiger partial charge is 0.402 e. The van der Waals surface area contributed by atoms with Crippen LogP contribution < -0.4 is 20.1 Å². The number of aryl methyl sites for hydroxylation is 2. The van der Waals surface area contributed by atoms with Crippen LogP contribution in [0.3, 0.4) is 0 Å². The molecule has 224 valence electrons. The number of hydrogen-bond acceptors (Lipinski definition) is 9. The topological polar surface area (TPSA) is 133 Å². The van der Waals surface area contributed by atoms with Crippen LogP contribution in [0, 0.1) is 13.8 Å². The predicted molar refractivity (Wildman–Crippen MR) is 163 cm³/mol. The van der Waals surface area contributed by atoms with E-state index in [4.69, 9.17) is 20.2 Å². The zero-order valence-corrected chi connectivity index (χ0v) is 24.6. The first-order chi connectivity index (χ1) is 21.3. The lowest BCUT2D eigenvalue weighted by molar-refractivity contribution is -0.134. The standard InChI is InChI=1S/C33H32N6O5/c1-19-6-10-27-22(9-11-28-31-36-33(39(27)28)43-29(40)18-24(30(34)41)32(42)44-31)21(19)12-13-37-14-16-38(17-15-37)26-5-3-4-25-23(26)8-7-20(2)35-25/h3-8,10,18H,9,11-17H2,1-2H3,(H2,34,41)/b24-18-. The zero-order valence-electron chi connectivity index (χ0n) is 24.6. The van der Waals surface area contributed by atoms with E-state index in [0.29, 0.717) is 18.5 Å². The molecule has 3 aliphatic rings. The highest BCUT2D eigenvalue weighted by Crippen LogP contribution is 2.38. The number of carbonyl (C=O) groups is 3. The lowest BCUT2D eigenvalue weighted by atomic mass is 9.91. The van der Waals surface area contributed by atoms with Crippen molar-refractivity contribution in [2.75, 3.05) is 37.6 Å². The molecule has 2 aromatic heterocycles. The third-order valence-corrected chi connectivity index (χ3v) is 8.77. The first-order valence-corrected chi connectivity index (χ1v) is 14.8. The summed E-state index contributed by atoms with van der Waals surface area (Å²) in [6, 6.07) is 14.6. The quantitative estimate of drug-likeness (QED) is 0.274. The van der Waals surface area contributed by atoms with Gasteiger partial charge in [0.15, 0.2) is 0 Å². The Hall–Kier alpha value is -5.03. The van der Waals surface area contributed by atoms with Gasteiger partial charge in [0.25, 0.3) is 5.91 Å². The Bertz CT molecular complexity index is 1890. The number of imidazole rings is 1. The number of ether oxygens (including phenoxy) is 2. The molecular weight excluding hydrogens is 560 g/mol. The molecule has 7 rings (SSSR count). The van der Waals surface area contributed by atoms with Crippen molar-refractivity contribution >= 4 is 34.4 Å². The van der Waals surface area contributed by atoms with Crippen molar-refractivity contribution in [3.63, 3.8) is 0 Å². The van der Waals surface area contributed by atoms with Crippen LogP contribution in [0.4, 0.5) is 5.69 Å². The number of aromatic nitrogens is 3. The molecule has 0 spiro atoms. The van der Waals surface area contributed by atoms with E-state index in [2.05, 4.69) is 58.1 Å². The molecule has 4 aromatic rings. The molecule has 0 aliphatic carbocycles. The fourth-order valence-electron chi connectivity index (χ4n) is 6.52. The minimum Gasteiger partial charge on any atom is -0.402 e. The number of amides is 1. The van der Waals surface area contributed by atoms with Crippen LogP contribution in [0.2, 0.25) is 0 Å². The summed E-state index contributed by atoms with van der Waals surface area (Å²) in [6.45, 7) is 8.88. The third kappa shape index (κ3) is 4.88. The van der Waals surface area contributed by atoms with Gasteiger partial charge in [0.2, 0.25) is 5.88 Å². The van der Waals surface area contributed by atoms with E-state index in [9.17, 15) is 14.4 Å². The van der Waals surface area contributed by atoms with Gasteiger partial charge in [-0.3, -0.25) is 19.2 Å². The number of anilines is 1. The number of nitrogens with two attached hydrogens (primary N) is 1. The smallest absolute Gasteiger partial charge is 0.350 e. The maximum atomic E-state index is 12.6. The number of carbonyl (C=O) groups excluding carboxylic acids is 3. The number of hydrogen-bond donors (Lipinski definition) is 1. The predicted octanol–water partition coefficient (Wildman–Crippen LogP) is 2.74. The Labute approximate surface area is 253 Å². The van der Waals surface area contributed by atoms with Gasteiger partial charge in [-0.2, -0.15) is 4.98 Å². The van der Waals surface area contributed by atoms with Crippen LogP contribution in [-0.4, -0.2) is 70.0 Å². The number of piperazine rings is 1. The third-order valence-electron chi connectivity index (χ3n) is 8.77. The van der Waals surface area contributed by atoms with Crippen molar-refractivity contribution in [3.8, 4) is 17.6 Å². The Morgan fingerprint density at radius 3 is 2.55 bits per heavy atom. The summed E-state index contributed by atoms with van der Waals surface area (Å²) in [5.41, 5.74) is 13.0. The van der Waals surface area contributed by atoms with Crippen molar-refractivity contribution in [3.05, 3.63) is 82.2 Å². The molecule has 0 radical (unpaired) electrons. The second-order valence-corrected chi connectivity index (χ2v) is 11.4. The lowest BCUT2D eigenvalue weighted by Gasteiger charge is -2.37. The van der Waals surface area contributed by atoms with E-state index in [-0.39, 0.29) is 11.9 Å². The van der Waals surface area contributed by atoms with Gasteiger partial charge in [-0.05, 0) is 80.1 Å². The molecular formula is C33H32N6O5. The SMILES string of the molecule is Cc1ccc2c(N3CCN(CCc4c(C)ccc5c4CCc4c6nc(n4-5)OC(=O)/C=C(/C(N)=O)C(=O)O6)CC3)cccc2n1. The molecule has 11 nitrogen and oxygen atoms in total. The fraction of sp³-hybridized carbons (Fsp3) is 0.303. The van der Waals surface area contributed by atoms with Crippen molar-refractivity contribution in [1.29, 1.82) is 0 Å². The summed E-state index contributed by atoms with van der Waals surface area (Å²) in [6.07, 6.45) is 2.84. The molecule has 11 heteroatoms. The Morgan fingerprint density at radius 1 is 0.932 bits per heavy atom. The molecule has 2 aromatic carbocycles. The molecule has 5 heterocycles. The maximum Gasteiger partial charge on any atom is 0.350 e.